The number of aryl methyl sites for hydroxylation is 1. The fourth-order valence-corrected chi connectivity index (χ4v) is 4.59. The van der Waals surface area contributed by atoms with Gasteiger partial charge >= 0.3 is 0 Å². The van der Waals surface area contributed by atoms with E-state index in [0.29, 0.717) is 29.0 Å². The third-order valence-electron chi connectivity index (χ3n) is 6.27. The molecular weight excluding hydrogens is 526 g/mol. The highest BCUT2D eigenvalue weighted by molar-refractivity contribution is 9.10. The standard InChI is InChI=1S/C28H26BrNO6/c1-16-14-19(7-10-21(16)29)26(32)24-25(18-5-8-20(31)9-6-18)30(28(34)27(24)33)13-12-17-4-11-22(35-2)23(15-17)36-3/h4-11,14-15,25,31-32H,12-13H2,1-3H3/b26-24-. The van der Waals surface area contributed by atoms with E-state index in [-0.39, 0.29) is 23.6 Å². The van der Waals surface area contributed by atoms with Gasteiger partial charge in [-0.05, 0) is 66.4 Å². The van der Waals surface area contributed by atoms with E-state index in [9.17, 15) is 19.8 Å². The summed E-state index contributed by atoms with van der Waals surface area (Å²) in [6.45, 7) is 2.10. The first-order valence-electron chi connectivity index (χ1n) is 11.3. The Morgan fingerprint density at radius 2 is 1.67 bits per heavy atom. The number of halogens is 1. The van der Waals surface area contributed by atoms with Crippen molar-refractivity contribution in [2.24, 2.45) is 0 Å². The normalized spacial score (nSPS) is 16.9. The molecule has 1 amide bonds. The lowest BCUT2D eigenvalue weighted by Crippen LogP contribution is -2.31. The summed E-state index contributed by atoms with van der Waals surface area (Å²) in [4.78, 5) is 27.9. The lowest BCUT2D eigenvalue weighted by atomic mass is 9.94. The minimum absolute atomic E-state index is 0.0136. The Kier molecular flexibility index (Phi) is 7.35. The van der Waals surface area contributed by atoms with Crippen LogP contribution in [0.2, 0.25) is 0 Å². The molecule has 7 nitrogen and oxygen atoms in total. The van der Waals surface area contributed by atoms with E-state index in [1.54, 1.807) is 50.6 Å². The van der Waals surface area contributed by atoms with E-state index in [0.717, 1.165) is 15.6 Å². The van der Waals surface area contributed by atoms with Crippen LogP contribution in [0, 0.1) is 6.92 Å². The first-order chi connectivity index (χ1) is 17.2. The van der Waals surface area contributed by atoms with Crippen LogP contribution in [0.25, 0.3) is 5.76 Å². The zero-order valence-electron chi connectivity index (χ0n) is 20.1. The molecule has 0 saturated carbocycles. The number of carbonyl (C=O) groups excluding carboxylic acids is 2. The molecule has 3 aromatic rings. The van der Waals surface area contributed by atoms with Gasteiger partial charge in [-0.3, -0.25) is 9.59 Å². The number of aromatic hydroxyl groups is 1. The fourth-order valence-electron chi connectivity index (χ4n) is 4.35. The number of carbonyl (C=O) groups is 2. The minimum Gasteiger partial charge on any atom is -0.508 e. The van der Waals surface area contributed by atoms with E-state index in [1.165, 1.54) is 17.0 Å². The number of aliphatic hydroxyl groups is 1. The molecule has 8 heteroatoms. The quantitative estimate of drug-likeness (QED) is 0.239. The molecule has 186 valence electrons. The van der Waals surface area contributed by atoms with Crippen molar-refractivity contribution in [2.75, 3.05) is 20.8 Å². The Bertz CT molecular complexity index is 1350. The van der Waals surface area contributed by atoms with E-state index in [4.69, 9.17) is 9.47 Å². The Labute approximate surface area is 217 Å². The van der Waals surface area contributed by atoms with Gasteiger partial charge in [-0.2, -0.15) is 0 Å². The molecule has 1 atom stereocenters. The largest absolute Gasteiger partial charge is 0.508 e. The number of rotatable bonds is 7. The number of Topliss-reactive ketones (excluding diaryl/α,β-unsaturated/α-hetero) is 1. The van der Waals surface area contributed by atoms with Crippen molar-refractivity contribution in [3.8, 4) is 17.2 Å². The molecule has 0 spiro atoms. The van der Waals surface area contributed by atoms with Gasteiger partial charge in [0, 0.05) is 16.6 Å². The topological polar surface area (TPSA) is 96.3 Å². The van der Waals surface area contributed by atoms with Gasteiger partial charge in [-0.1, -0.05) is 40.2 Å². The van der Waals surface area contributed by atoms with Crippen LogP contribution in [-0.4, -0.2) is 47.6 Å². The molecule has 0 radical (unpaired) electrons. The van der Waals surface area contributed by atoms with Crippen LogP contribution < -0.4 is 9.47 Å². The molecule has 36 heavy (non-hydrogen) atoms. The first kappa shape index (κ1) is 25.3. The van der Waals surface area contributed by atoms with Crippen LogP contribution in [0.4, 0.5) is 0 Å². The monoisotopic (exact) mass is 551 g/mol. The number of hydrogen-bond donors (Lipinski definition) is 2. The number of amides is 1. The highest BCUT2D eigenvalue weighted by Crippen LogP contribution is 2.40. The van der Waals surface area contributed by atoms with Crippen molar-refractivity contribution in [1.29, 1.82) is 0 Å². The van der Waals surface area contributed by atoms with Crippen molar-refractivity contribution < 1.29 is 29.3 Å². The average Bonchev–Trinajstić information content (AvgIpc) is 3.13. The van der Waals surface area contributed by atoms with Crippen molar-refractivity contribution in [2.45, 2.75) is 19.4 Å². The zero-order valence-corrected chi connectivity index (χ0v) is 21.7. The summed E-state index contributed by atoms with van der Waals surface area (Å²) in [5.74, 6) is -0.462. The highest BCUT2D eigenvalue weighted by Gasteiger charge is 2.45. The van der Waals surface area contributed by atoms with Crippen LogP contribution >= 0.6 is 15.9 Å². The average molecular weight is 552 g/mol. The molecule has 1 aliphatic rings. The molecule has 3 aromatic carbocycles. The number of methoxy groups -OCH3 is 2. The van der Waals surface area contributed by atoms with Crippen molar-refractivity contribution in [3.63, 3.8) is 0 Å². The zero-order chi connectivity index (χ0) is 26.0. The second-order valence-corrected chi connectivity index (χ2v) is 9.34. The molecule has 1 unspecified atom stereocenters. The maximum Gasteiger partial charge on any atom is 0.295 e. The molecule has 0 bridgehead atoms. The molecule has 0 aliphatic carbocycles. The number of ether oxygens (including phenoxy) is 2. The van der Waals surface area contributed by atoms with Gasteiger partial charge in [-0.15, -0.1) is 0 Å². The van der Waals surface area contributed by atoms with Crippen LogP contribution in [0.5, 0.6) is 17.2 Å². The van der Waals surface area contributed by atoms with Gasteiger partial charge in [0.05, 0.1) is 25.8 Å². The van der Waals surface area contributed by atoms with E-state index in [1.807, 2.05) is 19.1 Å². The molecule has 0 aromatic heterocycles. The van der Waals surface area contributed by atoms with Gasteiger partial charge in [-0.25, -0.2) is 0 Å². The minimum atomic E-state index is -0.810. The van der Waals surface area contributed by atoms with Gasteiger partial charge in [0.25, 0.3) is 11.7 Å². The predicted molar refractivity (Wildman–Crippen MR) is 139 cm³/mol. The predicted octanol–water partition coefficient (Wildman–Crippen LogP) is 5.14. The van der Waals surface area contributed by atoms with Crippen LogP contribution in [-0.2, 0) is 16.0 Å². The van der Waals surface area contributed by atoms with Crippen molar-refractivity contribution in [3.05, 3.63) is 93.0 Å². The molecule has 1 saturated heterocycles. The molecule has 4 rings (SSSR count). The van der Waals surface area contributed by atoms with Crippen LogP contribution in [0.3, 0.4) is 0 Å². The lowest BCUT2D eigenvalue weighted by Gasteiger charge is -2.25. The number of likely N-dealkylation sites (tertiary alicyclic amines) is 1. The summed E-state index contributed by atoms with van der Waals surface area (Å²) in [6.07, 6.45) is 0.444. The summed E-state index contributed by atoms with van der Waals surface area (Å²) in [6, 6.07) is 16.2. The molecule has 1 fully saturated rings. The van der Waals surface area contributed by atoms with Crippen LogP contribution in [0.1, 0.15) is 28.3 Å². The third-order valence-corrected chi connectivity index (χ3v) is 7.16. The van der Waals surface area contributed by atoms with Crippen molar-refractivity contribution in [1.82, 2.24) is 4.90 Å². The molecule has 1 aliphatic heterocycles. The van der Waals surface area contributed by atoms with Gasteiger partial charge in [0.2, 0.25) is 0 Å². The van der Waals surface area contributed by atoms with E-state index in [2.05, 4.69) is 15.9 Å². The number of phenols is 1. The van der Waals surface area contributed by atoms with Crippen molar-refractivity contribution >= 4 is 33.4 Å². The summed E-state index contributed by atoms with van der Waals surface area (Å²) >= 11 is 3.44. The smallest absolute Gasteiger partial charge is 0.295 e. The summed E-state index contributed by atoms with van der Waals surface area (Å²) in [5, 5.41) is 21.0. The highest BCUT2D eigenvalue weighted by atomic mass is 79.9. The summed E-state index contributed by atoms with van der Waals surface area (Å²) in [5.41, 5.74) is 2.83. The number of phenolic OH excluding ortho intramolecular Hbond substituents is 1. The van der Waals surface area contributed by atoms with Gasteiger partial charge < -0.3 is 24.6 Å². The molecule has 1 heterocycles. The SMILES string of the molecule is COc1ccc(CCN2C(=O)C(=O)/C(=C(\O)c3ccc(Br)c(C)c3)C2c2ccc(O)cc2)cc1OC. The number of ketones is 1. The third kappa shape index (κ3) is 4.81. The second kappa shape index (κ2) is 10.5. The molecule has 2 N–H and O–H groups in total. The fraction of sp³-hybridized carbons (Fsp3) is 0.214. The summed E-state index contributed by atoms with van der Waals surface area (Å²) in [7, 11) is 3.11. The first-order valence-corrected chi connectivity index (χ1v) is 12.1. The Hall–Kier alpha value is -3.78. The van der Waals surface area contributed by atoms with E-state index >= 15 is 0 Å². The Balaban J connectivity index is 1.75. The number of nitrogens with zero attached hydrogens (tertiary/aromatic N) is 1. The lowest BCUT2D eigenvalue weighted by molar-refractivity contribution is -0.139. The maximum absolute atomic E-state index is 13.2. The summed E-state index contributed by atoms with van der Waals surface area (Å²) < 4.78 is 11.5. The molecular formula is C28H26BrNO6. The second-order valence-electron chi connectivity index (χ2n) is 8.49. The number of aliphatic hydroxyl groups excluding tert-OH is 1. The van der Waals surface area contributed by atoms with Gasteiger partial charge in [0.1, 0.15) is 11.5 Å². The van der Waals surface area contributed by atoms with Crippen LogP contribution in [0.15, 0.2) is 70.7 Å². The van der Waals surface area contributed by atoms with Gasteiger partial charge in [0.15, 0.2) is 11.5 Å². The Morgan fingerprint density at radius 1 is 0.972 bits per heavy atom. The maximum atomic E-state index is 13.2. The Morgan fingerprint density at radius 3 is 2.31 bits per heavy atom. The number of hydrogen-bond acceptors (Lipinski definition) is 6. The number of benzene rings is 3. The van der Waals surface area contributed by atoms with E-state index < -0.39 is 17.7 Å².